The summed E-state index contributed by atoms with van der Waals surface area (Å²) in [4.78, 5) is 5.10. The minimum atomic E-state index is 0. The molecular weight excluding hydrogens is 355 g/mol. The third-order valence-corrected chi connectivity index (χ3v) is 6.99. The van der Waals surface area contributed by atoms with E-state index >= 15 is 0 Å². The first-order valence-electron chi connectivity index (χ1n) is 8.34. The summed E-state index contributed by atoms with van der Waals surface area (Å²) in [7, 11) is 4.53. The van der Waals surface area contributed by atoms with Gasteiger partial charge in [-0.15, -0.1) is 24.8 Å². The highest BCUT2D eigenvalue weighted by Crippen LogP contribution is 2.36. The first-order valence-corrected chi connectivity index (χ1v) is 9.38. The van der Waals surface area contributed by atoms with E-state index in [1.165, 1.54) is 51.4 Å². The molecule has 0 amide bonds. The molecule has 0 N–H and O–H groups in total. The molecule has 4 heterocycles. The minimum absolute atomic E-state index is 0. The Morgan fingerprint density at radius 3 is 1.05 bits per heavy atom. The third-order valence-electron chi connectivity index (χ3n) is 6.15. The Morgan fingerprint density at radius 2 is 0.818 bits per heavy atom. The van der Waals surface area contributed by atoms with E-state index in [1.807, 2.05) is 0 Å². The molecular formula is C16H32Cl2N2S2. The lowest BCUT2D eigenvalue weighted by molar-refractivity contribution is 0.183. The zero-order chi connectivity index (χ0) is 14.3. The van der Waals surface area contributed by atoms with Gasteiger partial charge in [0.05, 0.1) is 0 Å². The molecule has 2 unspecified atom stereocenters. The van der Waals surface area contributed by atoms with E-state index in [-0.39, 0.29) is 24.8 Å². The monoisotopic (exact) mass is 386 g/mol. The van der Waals surface area contributed by atoms with E-state index in [1.54, 1.807) is 0 Å². The molecule has 0 aromatic rings. The van der Waals surface area contributed by atoms with Crippen LogP contribution in [0.4, 0.5) is 0 Å². The molecule has 132 valence electrons. The van der Waals surface area contributed by atoms with E-state index in [2.05, 4.69) is 49.2 Å². The molecule has 6 atom stereocenters. The molecule has 0 aromatic heterocycles. The summed E-state index contributed by atoms with van der Waals surface area (Å²) in [6, 6.07) is 3.45. The number of thiol groups is 2. The summed E-state index contributed by atoms with van der Waals surface area (Å²) in [6.07, 6.45) is 10.9. The van der Waals surface area contributed by atoms with Crippen LogP contribution >= 0.6 is 50.1 Å². The van der Waals surface area contributed by atoms with Crippen LogP contribution in [0, 0.1) is 0 Å². The number of halogens is 2. The zero-order valence-electron chi connectivity index (χ0n) is 13.7. The second-order valence-corrected chi connectivity index (χ2v) is 8.81. The molecule has 0 aromatic carbocycles. The van der Waals surface area contributed by atoms with E-state index in [4.69, 9.17) is 0 Å². The van der Waals surface area contributed by atoms with Crippen molar-refractivity contribution >= 4 is 50.1 Å². The first kappa shape index (κ1) is 21.2. The van der Waals surface area contributed by atoms with Gasteiger partial charge in [-0.2, -0.15) is 25.3 Å². The van der Waals surface area contributed by atoms with Crippen LogP contribution in [0.1, 0.15) is 51.4 Å². The number of fused-ring (bicyclic) bond motifs is 4. The Labute approximate surface area is 159 Å². The summed E-state index contributed by atoms with van der Waals surface area (Å²) in [5, 5.41) is 1.38. The lowest BCUT2D eigenvalue weighted by atomic mass is 10.0. The Kier molecular flexibility index (Phi) is 8.74. The van der Waals surface area contributed by atoms with Crippen LogP contribution < -0.4 is 0 Å². The molecule has 2 nitrogen and oxygen atoms in total. The van der Waals surface area contributed by atoms with Gasteiger partial charge in [0.1, 0.15) is 0 Å². The summed E-state index contributed by atoms with van der Waals surface area (Å²) < 4.78 is 0. The van der Waals surface area contributed by atoms with Gasteiger partial charge < -0.3 is 9.80 Å². The van der Waals surface area contributed by atoms with Gasteiger partial charge in [0.15, 0.2) is 0 Å². The Bertz CT molecular complexity index is 288. The van der Waals surface area contributed by atoms with Crippen molar-refractivity contribution < 1.29 is 0 Å². The summed E-state index contributed by atoms with van der Waals surface area (Å²) >= 11 is 9.07. The number of piperidine rings is 2. The lowest BCUT2D eigenvalue weighted by Gasteiger charge is -2.34. The van der Waals surface area contributed by atoms with Gasteiger partial charge in [-0.25, -0.2) is 0 Å². The Balaban J connectivity index is 0.000000202. The molecule has 6 heteroatoms. The number of rotatable bonds is 0. The second kappa shape index (κ2) is 9.05. The first-order chi connectivity index (χ1) is 9.54. The maximum absolute atomic E-state index is 4.53. The molecule has 0 spiro atoms. The zero-order valence-corrected chi connectivity index (χ0v) is 17.1. The fourth-order valence-electron chi connectivity index (χ4n) is 4.77. The Hall–Kier alpha value is 1.20. The smallest absolute Gasteiger partial charge is 0.0106 e. The van der Waals surface area contributed by atoms with Crippen molar-refractivity contribution in [3.63, 3.8) is 0 Å². The van der Waals surface area contributed by atoms with Gasteiger partial charge in [-0.05, 0) is 65.5 Å². The topological polar surface area (TPSA) is 6.48 Å². The minimum Gasteiger partial charge on any atom is -0.300 e. The van der Waals surface area contributed by atoms with Gasteiger partial charge in [0.25, 0.3) is 0 Å². The quantitative estimate of drug-likeness (QED) is 0.608. The van der Waals surface area contributed by atoms with Crippen LogP contribution in [0.25, 0.3) is 0 Å². The van der Waals surface area contributed by atoms with Gasteiger partial charge >= 0.3 is 0 Å². The Morgan fingerprint density at radius 1 is 0.591 bits per heavy atom. The van der Waals surface area contributed by atoms with Crippen LogP contribution in [0.2, 0.25) is 0 Å². The average Bonchev–Trinajstić information content (AvgIpc) is 2.77. The molecule has 4 fully saturated rings. The maximum atomic E-state index is 4.53. The van der Waals surface area contributed by atoms with Crippen molar-refractivity contribution in [3.05, 3.63) is 0 Å². The SMILES string of the molecule is CN1[C@@H]2CC[C@H]1CC(S)C2.CN1[C@@H]2CC[C@H]1CC(S)C2.Cl.Cl. The highest BCUT2D eigenvalue weighted by Gasteiger charge is 2.37. The molecule has 0 aliphatic carbocycles. The fraction of sp³-hybridized carbons (Fsp3) is 1.00. The van der Waals surface area contributed by atoms with Crippen molar-refractivity contribution in [2.75, 3.05) is 14.1 Å². The molecule has 4 aliphatic heterocycles. The summed E-state index contributed by atoms with van der Waals surface area (Å²) in [5.41, 5.74) is 0. The van der Waals surface area contributed by atoms with Crippen molar-refractivity contribution in [2.45, 2.75) is 86.0 Å². The highest BCUT2D eigenvalue weighted by molar-refractivity contribution is 7.81. The second-order valence-electron chi connectivity index (χ2n) is 7.35. The van der Waals surface area contributed by atoms with Gasteiger partial charge in [0, 0.05) is 34.7 Å². The predicted molar refractivity (Wildman–Crippen MR) is 108 cm³/mol. The van der Waals surface area contributed by atoms with Gasteiger partial charge in [-0.3, -0.25) is 0 Å². The van der Waals surface area contributed by atoms with Crippen molar-refractivity contribution in [2.24, 2.45) is 0 Å². The summed E-state index contributed by atoms with van der Waals surface area (Å²) in [6.45, 7) is 0. The van der Waals surface area contributed by atoms with Crippen LogP contribution in [0.5, 0.6) is 0 Å². The molecule has 4 rings (SSSR count). The largest absolute Gasteiger partial charge is 0.300 e. The molecule has 22 heavy (non-hydrogen) atoms. The van der Waals surface area contributed by atoms with E-state index in [9.17, 15) is 0 Å². The van der Waals surface area contributed by atoms with Crippen molar-refractivity contribution in [1.29, 1.82) is 0 Å². The van der Waals surface area contributed by atoms with Crippen molar-refractivity contribution in [3.8, 4) is 0 Å². The number of hydrogen-bond donors (Lipinski definition) is 2. The maximum Gasteiger partial charge on any atom is 0.0106 e. The molecule has 4 aliphatic rings. The van der Waals surface area contributed by atoms with E-state index in [0.717, 1.165) is 24.2 Å². The standard InChI is InChI=1S/2C8H15NS.2ClH/c2*1-9-6-2-3-7(9)5-8(10)4-6;;/h2*6-8,10H,2-5H2,1H3;2*1H/t2*6-,7+,8?;;. The number of nitrogens with zero attached hydrogens (tertiary/aromatic N) is 2. The van der Waals surface area contributed by atoms with Crippen molar-refractivity contribution in [1.82, 2.24) is 9.80 Å². The van der Waals surface area contributed by atoms with Crippen LogP contribution in [-0.4, -0.2) is 58.6 Å². The number of hydrogen-bond acceptors (Lipinski definition) is 4. The van der Waals surface area contributed by atoms with E-state index in [0.29, 0.717) is 10.5 Å². The molecule has 4 bridgehead atoms. The molecule has 4 saturated heterocycles. The third kappa shape index (κ3) is 4.64. The van der Waals surface area contributed by atoms with Gasteiger partial charge in [0.2, 0.25) is 0 Å². The summed E-state index contributed by atoms with van der Waals surface area (Å²) in [5.74, 6) is 0. The van der Waals surface area contributed by atoms with Crippen LogP contribution in [-0.2, 0) is 0 Å². The lowest BCUT2D eigenvalue weighted by Crippen LogP contribution is -2.40. The molecule has 0 radical (unpaired) electrons. The normalized spacial score (nSPS) is 43.6. The van der Waals surface area contributed by atoms with Gasteiger partial charge in [-0.1, -0.05) is 0 Å². The van der Waals surface area contributed by atoms with E-state index < -0.39 is 0 Å². The fourth-order valence-corrected chi connectivity index (χ4v) is 5.74. The van der Waals surface area contributed by atoms with Crippen LogP contribution in [0.3, 0.4) is 0 Å². The van der Waals surface area contributed by atoms with Crippen LogP contribution in [0.15, 0.2) is 0 Å². The highest BCUT2D eigenvalue weighted by atomic mass is 35.5. The molecule has 0 saturated carbocycles. The predicted octanol–water partition coefficient (Wildman–Crippen LogP) is 3.93. The average molecular weight is 387 g/mol.